The van der Waals surface area contributed by atoms with Gasteiger partial charge in [-0.25, -0.2) is 9.97 Å². The number of allylic oxidation sites excluding steroid dienone is 2. The van der Waals surface area contributed by atoms with Crippen LogP contribution in [0.2, 0.25) is 0 Å². The summed E-state index contributed by atoms with van der Waals surface area (Å²) in [7, 11) is 0. The Morgan fingerprint density at radius 1 is 0.647 bits per heavy atom. The fourth-order valence-electron chi connectivity index (χ4n) is 4.51. The van der Waals surface area contributed by atoms with Crippen molar-refractivity contribution in [1.29, 1.82) is 0 Å². The first-order valence-electron chi connectivity index (χ1n) is 10.9. The van der Waals surface area contributed by atoms with Crippen LogP contribution in [-0.4, -0.2) is 21.8 Å². The number of aromatic nitrogens is 2. The Hall–Kier alpha value is -3.62. The van der Waals surface area contributed by atoms with E-state index in [0.29, 0.717) is 10.3 Å². The van der Waals surface area contributed by atoms with Crippen molar-refractivity contribution in [2.45, 2.75) is 11.8 Å². The average molecular weight is 487 g/mol. The van der Waals surface area contributed by atoms with E-state index in [1.165, 1.54) is 22.7 Å². The topological polar surface area (TPSA) is 84.0 Å². The van der Waals surface area contributed by atoms with Crippen molar-refractivity contribution < 1.29 is 9.59 Å². The molecule has 2 aromatic carbocycles. The highest BCUT2D eigenvalue weighted by molar-refractivity contribution is 7.14. The number of hydrogen-bond acceptors (Lipinski definition) is 6. The summed E-state index contributed by atoms with van der Waals surface area (Å²) in [5.74, 6) is -2.30. The maximum absolute atomic E-state index is 13.8. The minimum absolute atomic E-state index is 0.228. The molecule has 34 heavy (non-hydrogen) atoms. The molecule has 0 unspecified atom stereocenters. The van der Waals surface area contributed by atoms with E-state index in [9.17, 15) is 9.59 Å². The molecule has 0 saturated heterocycles. The zero-order valence-electron chi connectivity index (χ0n) is 18.1. The molecule has 0 spiro atoms. The molecule has 0 radical (unpaired) electrons. The van der Waals surface area contributed by atoms with E-state index in [1.54, 1.807) is 12.4 Å². The van der Waals surface area contributed by atoms with Gasteiger partial charge in [-0.15, -0.1) is 22.7 Å². The lowest BCUT2D eigenvalue weighted by atomic mass is 9.65. The van der Waals surface area contributed by atoms with Crippen molar-refractivity contribution in [3.63, 3.8) is 0 Å². The van der Waals surface area contributed by atoms with Crippen LogP contribution in [0.15, 0.2) is 96.0 Å². The Morgan fingerprint density at radius 3 is 1.41 bits per heavy atom. The minimum atomic E-state index is -0.651. The van der Waals surface area contributed by atoms with Crippen LogP contribution in [0.5, 0.6) is 0 Å². The molecule has 8 heteroatoms. The molecule has 2 aromatic heterocycles. The molecule has 2 heterocycles. The van der Waals surface area contributed by atoms with Gasteiger partial charge in [0.1, 0.15) is 0 Å². The number of nitrogens with one attached hydrogen (secondary N) is 2. The van der Waals surface area contributed by atoms with Gasteiger partial charge in [0.05, 0.1) is 11.8 Å². The molecule has 1 aliphatic carbocycles. The van der Waals surface area contributed by atoms with Crippen molar-refractivity contribution in [3.05, 3.63) is 107 Å². The second-order valence-electron chi connectivity index (χ2n) is 7.96. The maximum atomic E-state index is 13.8. The molecule has 5 rings (SSSR count). The van der Waals surface area contributed by atoms with E-state index in [4.69, 9.17) is 0 Å². The Bertz CT molecular complexity index is 1160. The Balaban J connectivity index is 1.59. The van der Waals surface area contributed by atoms with Gasteiger partial charge in [-0.2, -0.15) is 0 Å². The van der Waals surface area contributed by atoms with Crippen molar-refractivity contribution in [3.8, 4) is 0 Å². The molecule has 0 bridgehead atoms. The molecule has 170 valence electrons. The fourth-order valence-corrected chi connectivity index (χ4v) is 5.58. The summed E-state index contributed by atoms with van der Waals surface area (Å²) in [5, 5.41) is 10.5. The fraction of sp³-hybridized carbons (Fsp3) is 0.154. The number of rotatable bonds is 6. The largest absolute Gasteiger partial charge is 0.302 e. The summed E-state index contributed by atoms with van der Waals surface area (Å²) in [6, 6.07) is 19.7. The van der Waals surface area contributed by atoms with Crippen LogP contribution < -0.4 is 10.6 Å². The summed E-state index contributed by atoms with van der Waals surface area (Å²) in [6.45, 7) is 0. The van der Waals surface area contributed by atoms with Crippen LogP contribution in [-0.2, 0) is 9.59 Å². The lowest BCUT2D eigenvalue weighted by molar-refractivity contribution is -0.130. The minimum Gasteiger partial charge on any atom is -0.302 e. The van der Waals surface area contributed by atoms with Crippen molar-refractivity contribution in [2.75, 3.05) is 10.6 Å². The third-order valence-corrected chi connectivity index (χ3v) is 7.36. The van der Waals surface area contributed by atoms with Crippen molar-refractivity contribution >= 4 is 44.8 Å². The maximum Gasteiger partial charge on any atom is 0.231 e. The van der Waals surface area contributed by atoms with Crippen LogP contribution >= 0.6 is 22.7 Å². The number of benzene rings is 2. The van der Waals surface area contributed by atoms with Crippen LogP contribution in [0, 0.1) is 11.8 Å². The van der Waals surface area contributed by atoms with E-state index < -0.39 is 11.8 Å². The Morgan fingerprint density at radius 2 is 1.06 bits per heavy atom. The lowest BCUT2D eigenvalue weighted by Crippen LogP contribution is -2.44. The first-order chi connectivity index (χ1) is 16.7. The van der Waals surface area contributed by atoms with Crippen LogP contribution in [0.3, 0.4) is 0 Å². The second-order valence-corrected chi connectivity index (χ2v) is 9.75. The third-order valence-electron chi connectivity index (χ3n) is 5.99. The molecular formula is C26H22N4O2S2. The molecule has 0 saturated carbocycles. The van der Waals surface area contributed by atoms with Gasteiger partial charge in [-0.05, 0) is 11.1 Å². The first-order valence-corrected chi connectivity index (χ1v) is 12.7. The standard InChI is InChI=1S/C26H22N4O2S2/c31-23(29-25-27-13-15-33-25)21-19(17-7-3-1-4-8-17)11-12-20(18-9-5-2-6-10-18)22(21)24(32)30-26-28-14-16-34-26/h1-16,19-22H,(H,27,29,31)(H,28,30,32)/t19-,20+,21-,22+. The summed E-state index contributed by atoms with van der Waals surface area (Å²) in [5.41, 5.74) is 1.97. The van der Waals surface area contributed by atoms with Crippen molar-refractivity contribution in [2.24, 2.45) is 11.8 Å². The summed E-state index contributed by atoms with van der Waals surface area (Å²) < 4.78 is 0. The SMILES string of the molecule is O=C(Nc1nccs1)[C@@H]1[C@H](C(=O)Nc2nccs2)[C@@H](c2ccccc2)C=C[C@H]1c1ccccc1. The predicted molar refractivity (Wildman–Crippen MR) is 136 cm³/mol. The van der Waals surface area contributed by atoms with Crippen molar-refractivity contribution in [1.82, 2.24) is 9.97 Å². The smallest absolute Gasteiger partial charge is 0.231 e. The number of hydrogen-bond donors (Lipinski definition) is 2. The highest BCUT2D eigenvalue weighted by Gasteiger charge is 2.46. The lowest BCUT2D eigenvalue weighted by Gasteiger charge is -2.38. The Labute approximate surface area is 205 Å². The van der Waals surface area contributed by atoms with Gasteiger partial charge in [-0.3, -0.25) is 9.59 Å². The second kappa shape index (κ2) is 10.1. The molecule has 2 amide bonds. The van der Waals surface area contributed by atoms with Crippen LogP contribution in [0.4, 0.5) is 10.3 Å². The molecule has 4 atom stereocenters. The van der Waals surface area contributed by atoms with Gasteiger partial charge >= 0.3 is 0 Å². The zero-order valence-corrected chi connectivity index (χ0v) is 19.7. The molecule has 4 aromatic rings. The molecule has 1 aliphatic rings. The quantitative estimate of drug-likeness (QED) is 0.350. The van der Waals surface area contributed by atoms with E-state index in [0.717, 1.165) is 11.1 Å². The molecule has 0 aliphatic heterocycles. The van der Waals surface area contributed by atoms with Gasteiger partial charge in [0.2, 0.25) is 11.8 Å². The number of anilines is 2. The van der Waals surface area contributed by atoms with E-state index in [-0.39, 0.29) is 23.7 Å². The average Bonchev–Trinajstić information content (AvgIpc) is 3.59. The molecule has 0 fully saturated rings. The molecule has 2 N–H and O–H groups in total. The third kappa shape index (κ3) is 4.69. The molecule has 6 nitrogen and oxygen atoms in total. The van der Waals surface area contributed by atoms with E-state index in [2.05, 4.69) is 32.8 Å². The van der Waals surface area contributed by atoms with Crippen LogP contribution in [0.1, 0.15) is 23.0 Å². The number of carbonyl (C=O) groups is 2. The monoisotopic (exact) mass is 486 g/mol. The molecular weight excluding hydrogens is 464 g/mol. The first kappa shape index (κ1) is 22.2. The van der Waals surface area contributed by atoms with Gasteiger partial charge in [0.25, 0.3) is 0 Å². The summed E-state index contributed by atoms with van der Waals surface area (Å²) >= 11 is 2.71. The number of amides is 2. The summed E-state index contributed by atoms with van der Waals surface area (Å²) in [4.78, 5) is 36.0. The van der Waals surface area contributed by atoms with Gasteiger partial charge < -0.3 is 10.6 Å². The van der Waals surface area contributed by atoms with Gasteiger partial charge in [0.15, 0.2) is 10.3 Å². The van der Waals surface area contributed by atoms with Gasteiger partial charge in [0, 0.05) is 35.0 Å². The predicted octanol–water partition coefficient (Wildman–Crippen LogP) is 5.55. The zero-order chi connectivity index (χ0) is 23.3. The number of nitrogens with zero attached hydrogens (tertiary/aromatic N) is 2. The van der Waals surface area contributed by atoms with E-state index in [1.807, 2.05) is 71.4 Å². The van der Waals surface area contributed by atoms with E-state index >= 15 is 0 Å². The highest BCUT2D eigenvalue weighted by Crippen LogP contribution is 2.45. The normalized spacial score (nSPS) is 21.6. The summed E-state index contributed by atoms with van der Waals surface area (Å²) in [6.07, 6.45) is 7.42. The highest BCUT2D eigenvalue weighted by atomic mass is 32.1. The van der Waals surface area contributed by atoms with Gasteiger partial charge in [-0.1, -0.05) is 72.8 Å². The number of thiazole rings is 2. The number of carbonyl (C=O) groups excluding carboxylic acids is 2. The Kier molecular flexibility index (Phi) is 6.60. The van der Waals surface area contributed by atoms with Crippen LogP contribution in [0.25, 0.3) is 0 Å².